The fourth-order valence-electron chi connectivity index (χ4n) is 2.37. The number of nitrogens with one attached hydrogen (secondary N) is 1. The summed E-state index contributed by atoms with van der Waals surface area (Å²) in [6.45, 7) is 2.95. The molecule has 0 radical (unpaired) electrons. The zero-order chi connectivity index (χ0) is 17.8. The molecule has 0 saturated carbocycles. The number of carbonyl (C=O) groups is 2. The number of hydrogen-bond acceptors (Lipinski definition) is 5. The second kappa shape index (κ2) is 7.57. The molecule has 7 heteroatoms. The Morgan fingerprint density at radius 2 is 1.88 bits per heavy atom. The lowest BCUT2D eigenvalue weighted by atomic mass is 10.1. The second-order valence-electron chi connectivity index (χ2n) is 5.23. The van der Waals surface area contributed by atoms with E-state index in [2.05, 4.69) is 21.2 Å². The van der Waals surface area contributed by atoms with Crippen molar-refractivity contribution < 1.29 is 23.8 Å². The van der Waals surface area contributed by atoms with Gasteiger partial charge in [0.1, 0.15) is 13.2 Å². The Bertz CT molecular complexity index is 821. The maximum Gasteiger partial charge on any atom is 0.338 e. The average Bonchev–Trinajstić information content (AvgIpc) is 2.61. The number of fused-ring (bicyclic) bond motifs is 1. The van der Waals surface area contributed by atoms with Crippen molar-refractivity contribution in [2.24, 2.45) is 0 Å². The molecule has 0 bridgehead atoms. The number of benzene rings is 2. The van der Waals surface area contributed by atoms with Gasteiger partial charge in [0.15, 0.2) is 11.5 Å². The molecule has 3 rings (SSSR count). The summed E-state index contributed by atoms with van der Waals surface area (Å²) >= 11 is 3.38. The zero-order valence-corrected chi connectivity index (χ0v) is 15.1. The van der Waals surface area contributed by atoms with E-state index in [-0.39, 0.29) is 5.91 Å². The number of halogens is 1. The minimum absolute atomic E-state index is 0.291. The Balaban J connectivity index is 1.81. The Morgan fingerprint density at radius 3 is 2.60 bits per heavy atom. The highest BCUT2D eigenvalue weighted by molar-refractivity contribution is 9.10. The van der Waals surface area contributed by atoms with Crippen LogP contribution in [0.15, 0.2) is 40.9 Å². The Labute approximate surface area is 153 Å². The summed E-state index contributed by atoms with van der Waals surface area (Å²) in [5, 5.41) is 2.77. The lowest BCUT2D eigenvalue weighted by Crippen LogP contribution is -2.18. The smallest absolute Gasteiger partial charge is 0.338 e. The van der Waals surface area contributed by atoms with Crippen LogP contribution in [0.5, 0.6) is 11.5 Å². The molecule has 130 valence electrons. The molecule has 2 aromatic rings. The number of anilines is 1. The average molecular weight is 406 g/mol. The number of esters is 1. The zero-order valence-electron chi connectivity index (χ0n) is 13.5. The molecule has 1 aliphatic rings. The monoisotopic (exact) mass is 405 g/mol. The van der Waals surface area contributed by atoms with Gasteiger partial charge in [-0.25, -0.2) is 4.79 Å². The van der Waals surface area contributed by atoms with Gasteiger partial charge >= 0.3 is 5.97 Å². The largest absolute Gasteiger partial charge is 0.486 e. The minimum atomic E-state index is -0.431. The Hall–Kier alpha value is -2.54. The third-order valence-electron chi connectivity index (χ3n) is 3.51. The van der Waals surface area contributed by atoms with Crippen LogP contribution in [-0.2, 0) is 4.74 Å². The van der Waals surface area contributed by atoms with Crippen LogP contribution in [-0.4, -0.2) is 31.7 Å². The van der Waals surface area contributed by atoms with Gasteiger partial charge < -0.3 is 19.5 Å². The van der Waals surface area contributed by atoms with E-state index < -0.39 is 5.97 Å². The Kier molecular flexibility index (Phi) is 5.23. The van der Waals surface area contributed by atoms with Gasteiger partial charge in [0.2, 0.25) is 0 Å². The van der Waals surface area contributed by atoms with E-state index in [1.807, 2.05) is 0 Å². The molecule has 2 aromatic carbocycles. The number of ether oxygens (including phenoxy) is 3. The molecule has 0 atom stereocenters. The van der Waals surface area contributed by atoms with Gasteiger partial charge in [0.25, 0.3) is 5.91 Å². The van der Waals surface area contributed by atoms with E-state index in [9.17, 15) is 9.59 Å². The van der Waals surface area contributed by atoms with Crippen molar-refractivity contribution in [2.75, 3.05) is 25.1 Å². The highest BCUT2D eigenvalue weighted by Gasteiger charge is 2.19. The summed E-state index contributed by atoms with van der Waals surface area (Å²) < 4.78 is 16.6. The normalized spacial score (nSPS) is 12.4. The van der Waals surface area contributed by atoms with Crippen molar-refractivity contribution in [1.29, 1.82) is 0 Å². The van der Waals surface area contributed by atoms with Crippen LogP contribution in [0.3, 0.4) is 0 Å². The van der Waals surface area contributed by atoms with Crippen LogP contribution in [0.2, 0.25) is 0 Å². The second-order valence-corrected chi connectivity index (χ2v) is 6.09. The molecule has 0 aromatic heterocycles. The molecule has 0 aliphatic carbocycles. The minimum Gasteiger partial charge on any atom is -0.486 e. The van der Waals surface area contributed by atoms with Gasteiger partial charge in [0, 0.05) is 10.2 Å². The first kappa shape index (κ1) is 17.3. The van der Waals surface area contributed by atoms with E-state index >= 15 is 0 Å². The first-order chi connectivity index (χ1) is 12.1. The van der Waals surface area contributed by atoms with Crippen molar-refractivity contribution in [1.82, 2.24) is 0 Å². The standard InChI is InChI=1S/C18H16BrNO5/c1-2-23-18(22)11-4-3-5-12(8-11)20-17(21)13-9-15-16(10-14(13)19)25-7-6-24-15/h3-5,8-10H,2,6-7H2,1H3,(H,20,21). The molecule has 1 aliphatic heterocycles. The molecule has 1 amide bonds. The summed E-state index contributed by atoms with van der Waals surface area (Å²) in [6, 6.07) is 9.92. The van der Waals surface area contributed by atoms with Crippen molar-refractivity contribution in [3.63, 3.8) is 0 Å². The van der Waals surface area contributed by atoms with Crippen molar-refractivity contribution >= 4 is 33.5 Å². The first-order valence-corrected chi connectivity index (χ1v) is 8.55. The van der Waals surface area contributed by atoms with Crippen LogP contribution in [0, 0.1) is 0 Å². The molecular weight excluding hydrogens is 390 g/mol. The van der Waals surface area contributed by atoms with Crippen LogP contribution in [0.1, 0.15) is 27.6 Å². The van der Waals surface area contributed by atoms with E-state index in [0.29, 0.717) is 52.6 Å². The fraction of sp³-hybridized carbons (Fsp3) is 0.222. The lowest BCUT2D eigenvalue weighted by Gasteiger charge is -2.19. The molecule has 0 spiro atoms. The lowest BCUT2D eigenvalue weighted by molar-refractivity contribution is 0.0526. The van der Waals surface area contributed by atoms with Gasteiger partial charge in [-0.1, -0.05) is 6.07 Å². The quantitative estimate of drug-likeness (QED) is 0.785. The van der Waals surface area contributed by atoms with E-state index in [1.54, 1.807) is 43.3 Å². The number of amides is 1. The summed E-state index contributed by atoms with van der Waals surface area (Å²) in [5.41, 5.74) is 1.28. The van der Waals surface area contributed by atoms with Crippen LogP contribution in [0.4, 0.5) is 5.69 Å². The van der Waals surface area contributed by atoms with E-state index in [4.69, 9.17) is 14.2 Å². The predicted octanol–water partition coefficient (Wildman–Crippen LogP) is 3.65. The fourth-order valence-corrected chi connectivity index (χ4v) is 2.88. The third-order valence-corrected chi connectivity index (χ3v) is 4.16. The molecule has 0 unspecified atom stereocenters. The van der Waals surface area contributed by atoms with Crippen LogP contribution < -0.4 is 14.8 Å². The SMILES string of the molecule is CCOC(=O)c1cccc(NC(=O)c2cc3c(cc2Br)OCCO3)c1. The predicted molar refractivity (Wildman–Crippen MR) is 95.5 cm³/mol. The van der Waals surface area contributed by atoms with E-state index in [0.717, 1.165) is 0 Å². The van der Waals surface area contributed by atoms with Crippen LogP contribution >= 0.6 is 15.9 Å². The number of rotatable bonds is 4. The molecule has 1 N–H and O–H groups in total. The topological polar surface area (TPSA) is 73.9 Å². The maximum atomic E-state index is 12.6. The summed E-state index contributed by atoms with van der Waals surface area (Å²) in [7, 11) is 0. The summed E-state index contributed by atoms with van der Waals surface area (Å²) in [4.78, 5) is 24.4. The van der Waals surface area contributed by atoms with Gasteiger partial charge in [-0.05, 0) is 53.2 Å². The molecule has 0 saturated heterocycles. The van der Waals surface area contributed by atoms with E-state index in [1.165, 1.54) is 0 Å². The summed E-state index contributed by atoms with van der Waals surface area (Å²) in [5.74, 6) is 0.364. The van der Waals surface area contributed by atoms with Crippen LogP contribution in [0.25, 0.3) is 0 Å². The number of carbonyl (C=O) groups excluding carboxylic acids is 2. The van der Waals surface area contributed by atoms with Gasteiger partial charge in [-0.15, -0.1) is 0 Å². The summed E-state index contributed by atoms with van der Waals surface area (Å²) in [6.07, 6.45) is 0. The highest BCUT2D eigenvalue weighted by atomic mass is 79.9. The third kappa shape index (κ3) is 3.93. The number of hydrogen-bond donors (Lipinski definition) is 1. The molecule has 1 heterocycles. The molecular formula is C18H16BrNO5. The van der Waals surface area contributed by atoms with Gasteiger partial charge in [-0.3, -0.25) is 4.79 Å². The van der Waals surface area contributed by atoms with Crippen molar-refractivity contribution in [3.8, 4) is 11.5 Å². The molecule has 25 heavy (non-hydrogen) atoms. The Morgan fingerprint density at radius 1 is 1.16 bits per heavy atom. The first-order valence-electron chi connectivity index (χ1n) is 7.76. The van der Waals surface area contributed by atoms with Crippen molar-refractivity contribution in [2.45, 2.75) is 6.92 Å². The highest BCUT2D eigenvalue weighted by Crippen LogP contribution is 2.35. The van der Waals surface area contributed by atoms with Crippen molar-refractivity contribution in [3.05, 3.63) is 52.0 Å². The van der Waals surface area contributed by atoms with Gasteiger partial charge in [-0.2, -0.15) is 0 Å². The maximum absolute atomic E-state index is 12.6. The molecule has 0 fully saturated rings. The van der Waals surface area contributed by atoms with Gasteiger partial charge in [0.05, 0.1) is 17.7 Å². The molecule has 6 nitrogen and oxygen atoms in total.